The molecule has 4 rings (SSSR count). The van der Waals surface area contributed by atoms with E-state index < -0.39 is 0 Å². The Morgan fingerprint density at radius 2 is 1.97 bits per heavy atom. The van der Waals surface area contributed by atoms with Crippen molar-refractivity contribution in [1.82, 2.24) is 14.4 Å². The minimum absolute atomic E-state index is 0.0589. The molecule has 0 fully saturated rings. The molecule has 1 aromatic carbocycles. The second-order valence-electron chi connectivity index (χ2n) is 8.46. The number of carbonyl (C=O) groups excluding carboxylic acids is 2. The molecular formula is C25H33N3O3. The minimum atomic E-state index is -0.136. The lowest BCUT2D eigenvalue weighted by atomic mass is 9.79. The predicted octanol–water partition coefficient (Wildman–Crippen LogP) is 3.45. The van der Waals surface area contributed by atoms with E-state index in [-0.39, 0.29) is 23.8 Å². The molecule has 1 amide bonds. The Bertz CT molecular complexity index is 1020. The largest absolute Gasteiger partial charge is 0.381 e. The number of amides is 1. The first-order valence-electron chi connectivity index (χ1n) is 11.4. The average molecular weight is 424 g/mol. The number of hydrogen-bond acceptors (Lipinski definition) is 4. The van der Waals surface area contributed by atoms with Crippen LogP contribution in [-0.2, 0) is 16.0 Å². The predicted molar refractivity (Wildman–Crippen MR) is 123 cm³/mol. The normalized spacial score (nSPS) is 20.5. The number of aromatic nitrogens is 1. The first-order valence-corrected chi connectivity index (χ1v) is 11.4. The van der Waals surface area contributed by atoms with Crippen LogP contribution in [0.4, 0.5) is 0 Å². The summed E-state index contributed by atoms with van der Waals surface area (Å²) in [5.74, 6) is 0.121. The molecule has 0 bridgehead atoms. The second kappa shape index (κ2) is 8.97. The van der Waals surface area contributed by atoms with Crippen molar-refractivity contribution in [2.45, 2.75) is 39.7 Å². The number of carbonyl (C=O) groups is 2. The summed E-state index contributed by atoms with van der Waals surface area (Å²) in [6.07, 6.45) is 5.43. The molecule has 2 heterocycles. The second-order valence-corrected chi connectivity index (χ2v) is 8.46. The van der Waals surface area contributed by atoms with E-state index in [0.717, 1.165) is 42.5 Å². The van der Waals surface area contributed by atoms with E-state index in [9.17, 15) is 9.59 Å². The van der Waals surface area contributed by atoms with Crippen LogP contribution >= 0.6 is 0 Å². The zero-order valence-corrected chi connectivity index (χ0v) is 19.1. The van der Waals surface area contributed by atoms with E-state index in [0.29, 0.717) is 19.6 Å². The van der Waals surface area contributed by atoms with Crippen molar-refractivity contribution in [2.75, 3.05) is 39.9 Å². The molecule has 0 unspecified atom stereocenters. The summed E-state index contributed by atoms with van der Waals surface area (Å²) in [5, 5.41) is 1.15. The SMILES string of the molecule is CCOCCC(=O)n1cc2c3c(cccc31)C1=C[C@@H](C(=O)N(CC)CC)CN(C)[C@@H]1C2. The smallest absolute Gasteiger partial charge is 0.233 e. The summed E-state index contributed by atoms with van der Waals surface area (Å²) in [6.45, 7) is 9.24. The van der Waals surface area contributed by atoms with Crippen molar-refractivity contribution in [3.8, 4) is 0 Å². The number of rotatable bonds is 7. The molecule has 0 saturated carbocycles. The molecule has 0 saturated heterocycles. The van der Waals surface area contributed by atoms with Crippen LogP contribution in [0.25, 0.3) is 16.5 Å². The lowest BCUT2D eigenvalue weighted by Gasteiger charge is -2.40. The van der Waals surface area contributed by atoms with Gasteiger partial charge in [0.25, 0.3) is 0 Å². The Morgan fingerprint density at radius 1 is 1.19 bits per heavy atom. The van der Waals surface area contributed by atoms with Gasteiger partial charge in [0.15, 0.2) is 0 Å². The van der Waals surface area contributed by atoms with E-state index in [2.05, 4.69) is 24.1 Å². The maximum atomic E-state index is 13.1. The first kappa shape index (κ1) is 21.8. The van der Waals surface area contributed by atoms with Gasteiger partial charge >= 0.3 is 0 Å². The number of fused-ring (bicyclic) bond motifs is 2. The fourth-order valence-electron chi connectivity index (χ4n) is 5.11. The Kier molecular flexibility index (Phi) is 6.30. The van der Waals surface area contributed by atoms with Crippen molar-refractivity contribution in [3.05, 3.63) is 41.6 Å². The van der Waals surface area contributed by atoms with Gasteiger partial charge in [-0.25, -0.2) is 0 Å². The third-order valence-corrected chi connectivity index (χ3v) is 6.71. The van der Waals surface area contributed by atoms with Crippen molar-refractivity contribution >= 4 is 28.3 Å². The summed E-state index contributed by atoms with van der Waals surface area (Å²) < 4.78 is 7.18. The van der Waals surface area contributed by atoms with E-state index in [1.807, 2.05) is 44.0 Å². The van der Waals surface area contributed by atoms with Gasteiger partial charge < -0.3 is 9.64 Å². The van der Waals surface area contributed by atoms with Crippen molar-refractivity contribution in [2.24, 2.45) is 5.92 Å². The Morgan fingerprint density at radius 3 is 2.68 bits per heavy atom. The third kappa shape index (κ3) is 3.83. The van der Waals surface area contributed by atoms with Gasteiger partial charge in [-0.3, -0.25) is 19.1 Å². The third-order valence-electron chi connectivity index (χ3n) is 6.71. The van der Waals surface area contributed by atoms with Gasteiger partial charge in [0, 0.05) is 43.9 Å². The van der Waals surface area contributed by atoms with Crippen LogP contribution in [0.2, 0.25) is 0 Å². The number of hydrogen-bond donors (Lipinski definition) is 0. The zero-order chi connectivity index (χ0) is 22.1. The van der Waals surface area contributed by atoms with E-state index in [1.165, 1.54) is 11.1 Å². The lowest BCUT2D eigenvalue weighted by molar-refractivity contribution is -0.134. The van der Waals surface area contributed by atoms with Crippen molar-refractivity contribution in [3.63, 3.8) is 0 Å². The van der Waals surface area contributed by atoms with E-state index in [4.69, 9.17) is 4.74 Å². The molecular weight excluding hydrogens is 390 g/mol. The van der Waals surface area contributed by atoms with Crippen LogP contribution in [0.15, 0.2) is 30.5 Å². The monoisotopic (exact) mass is 423 g/mol. The molecule has 6 heteroatoms. The summed E-state index contributed by atoms with van der Waals surface area (Å²) in [4.78, 5) is 30.2. The molecule has 1 aliphatic heterocycles. The molecule has 0 spiro atoms. The number of nitrogens with zero attached hydrogens (tertiary/aromatic N) is 3. The molecule has 6 nitrogen and oxygen atoms in total. The highest BCUT2D eigenvalue weighted by Gasteiger charge is 2.37. The summed E-state index contributed by atoms with van der Waals surface area (Å²) in [5.41, 5.74) is 4.53. The Hall–Kier alpha value is -2.44. The van der Waals surface area contributed by atoms with E-state index in [1.54, 1.807) is 4.57 Å². The summed E-state index contributed by atoms with van der Waals surface area (Å²) in [7, 11) is 2.11. The van der Waals surface area contributed by atoms with Gasteiger partial charge in [0.2, 0.25) is 11.8 Å². The van der Waals surface area contributed by atoms with Crippen molar-refractivity contribution in [1.29, 1.82) is 0 Å². The van der Waals surface area contributed by atoms with Gasteiger partial charge in [-0.2, -0.15) is 0 Å². The topological polar surface area (TPSA) is 54.8 Å². The van der Waals surface area contributed by atoms with Gasteiger partial charge in [-0.1, -0.05) is 18.2 Å². The highest BCUT2D eigenvalue weighted by atomic mass is 16.5. The Balaban J connectivity index is 1.74. The van der Waals surface area contributed by atoms with Gasteiger partial charge in [0.1, 0.15) is 0 Å². The fourth-order valence-corrected chi connectivity index (χ4v) is 5.11. The quantitative estimate of drug-likeness (QED) is 0.640. The van der Waals surface area contributed by atoms with Crippen molar-refractivity contribution < 1.29 is 14.3 Å². The Labute approximate surface area is 184 Å². The number of benzene rings is 1. The first-order chi connectivity index (χ1) is 15.0. The molecule has 2 atom stereocenters. The van der Waals surface area contributed by atoms with Crippen LogP contribution in [0.1, 0.15) is 43.1 Å². The van der Waals surface area contributed by atoms with Crippen LogP contribution < -0.4 is 0 Å². The molecule has 1 aromatic heterocycles. The average Bonchev–Trinajstić information content (AvgIpc) is 3.15. The lowest BCUT2D eigenvalue weighted by Crippen LogP contribution is -2.47. The van der Waals surface area contributed by atoms with Crippen LogP contribution in [-0.4, -0.2) is 72.1 Å². The standard InChI is InChI=1S/C25H33N3O3/c1-5-27(6-2)25(30)18-13-20-19-9-8-10-21-24(19)17(14-22(20)26(4)15-18)16-28(21)23(29)11-12-31-7-3/h8-10,13,16,18,22H,5-7,11-12,14-15H2,1-4H3/t18-,22-/m1/s1. The molecule has 0 radical (unpaired) electrons. The maximum absolute atomic E-state index is 13.1. The molecule has 31 heavy (non-hydrogen) atoms. The van der Waals surface area contributed by atoms with Crippen LogP contribution in [0.3, 0.4) is 0 Å². The zero-order valence-electron chi connectivity index (χ0n) is 19.1. The summed E-state index contributed by atoms with van der Waals surface area (Å²) in [6, 6.07) is 6.41. The molecule has 166 valence electrons. The van der Waals surface area contributed by atoms with E-state index >= 15 is 0 Å². The summed E-state index contributed by atoms with van der Waals surface area (Å²) >= 11 is 0. The molecule has 1 aliphatic carbocycles. The van der Waals surface area contributed by atoms with Gasteiger partial charge in [0.05, 0.1) is 24.5 Å². The minimum Gasteiger partial charge on any atom is -0.381 e. The highest BCUT2D eigenvalue weighted by Crippen LogP contribution is 2.41. The maximum Gasteiger partial charge on any atom is 0.233 e. The highest BCUT2D eigenvalue weighted by molar-refractivity contribution is 6.03. The fraction of sp³-hybridized carbons (Fsp3) is 0.520. The van der Waals surface area contributed by atoms with Gasteiger partial charge in [-0.05, 0) is 57.0 Å². The van der Waals surface area contributed by atoms with Crippen LogP contribution in [0, 0.1) is 5.92 Å². The molecule has 2 aromatic rings. The van der Waals surface area contributed by atoms with Gasteiger partial charge in [-0.15, -0.1) is 0 Å². The number of ether oxygens (including phenoxy) is 1. The number of likely N-dealkylation sites (N-methyl/N-ethyl adjacent to an activating group) is 1. The van der Waals surface area contributed by atoms with Crippen LogP contribution in [0.5, 0.6) is 0 Å². The molecule has 0 N–H and O–H groups in total. The molecule has 2 aliphatic rings.